The Bertz CT molecular complexity index is 1070. The number of hydrogen-bond donors (Lipinski definition) is 0. The Morgan fingerprint density at radius 2 is 1.50 bits per heavy atom. The number of pyridine rings is 1. The third-order valence-electron chi connectivity index (χ3n) is 6.13. The molecule has 0 saturated carbocycles. The molecule has 5 nitrogen and oxygen atoms in total. The van der Waals surface area contributed by atoms with Crippen molar-refractivity contribution < 1.29 is 9.53 Å². The molecule has 2 saturated heterocycles. The average molecular weight is 402 g/mol. The number of rotatable bonds is 4. The highest BCUT2D eigenvalue weighted by Crippen LogP contribution is 2.43. The predicted octanol–water partition coefficient (Wildman–Crippen LogP) is 4.96. The smallest absolute Gasteiger partial charge is 0.343 e. The highest BCUT2D eigenvalue weighted by Gasteiger charge is 2.26. The van der Waals surface area contributed by atoms with Crippen molar-refractivity contribution in [2.24, 2.45) is 0 Å². The van der Waals surface area contributed by atoms with E-state index >= 15 is 0 Å². The van der Waals surface area contributed by atoms with Crippen LogP contribution in [0.3, 0.4) is 0 Å². The summed E-state index contributed by atoms with van der Waals surface area (Å²) < 4.78 is 6.07. The molecule has 2 aliphatic rings. The number of nitrogens with zero attached hydrogens (tertiary/aromatic N) is 3. The summed E-state index contributed by atoms with van der Waals surface area (Å²) in [6.45, 7) is 6.07. The molecule has 0 spiro atoms. The lowest BCUT2D eigenvalue weighted by Gasteiger charge is -2.27. The molecule has 3 heterocycles. The molecule has 2 aliphatic heterocycles. The first kappa shape index (κ1) is 18.9. The van der Waals surface area contributed by atoms with Crippen molar-refractivity contribution >= 4 is 28.2 Å². The standard InChI is InChI=1S/C25H27N3O2/c1-18-11-12-20-21(27-13-5-6-14-27)17-22(28-15-7-8-16-28)24(23(20)26-18)30-25(29)19-9-3-2-4-10-19/h2-4,9-12,17H,5-8,13-16H2,1H3. The number of aromatic nitrogens is 1. The molecule has 30 heavy (non-hydrogen) atoms. The van der Waals surface area contributed by atoms with Crippen molar-refractivity contribution in [3.63, 3.8) is 0 Å². The monoisotopic (exact) mass is 401 g/mol. The summed E-state index contributed by atoms with van der Waals surface area (Å²) in [7, 11) is 0. The lowest BCUT2D eigenvalue weighted by atomic mass is 10.1. The first-order valence-electron chi connectivity index (χ1n) is 10.9. The molecular weight excluding hydrogens is 374 g/mol. The predicted molar refractivity (Wildman–Crippen MR) is 121 cm³/mol. The normalized spacial score (nSPS) is 16.4. The first-order valence-corrected chi connectivity index (χ1v) is 10.9. The number of benzene rings is 2. The van der Waals surface area contributed by atoms with Crippen molar-refractivity contribution in [1.29, 1.82) is 0 Å². The van der Waals surface area contributed by atoms with Crippen LogP contribution in [-0.2, 0) is 0 Å². The van der Waals surface area contributed by atoms with Crippen LogP contribution in [-0.4, -0.2) is 37.1 Å². The minimum Gasteiger partial charge on any atom is -0.418 e. The van der Waals surface area contributed by atoms with E-state index in [2.05, 4.69) is 21.9 Å². The van der Waals surface area contributed by atoms with Crippen LogP contribution < -0.4 is 14.5 Å². The van der Waals surface area contributed by atoms with E-state index < -0.39 is 0 Å². The molecule has 3 aromatic rings. The van der Waals surface area contributed by atoms with Crippen LogP contribution in [0.5, 0.6) is 5.75 Å². The van der Waals surface area contributed by atoms with E-state index in [1.54, 1.807) is 12.1 Å². The van der Waals surface area contributed by atoms with Gasteiger partial charge in [0.1, 0.15) is 5.52 Å². The number of carbonyl (C=O) groups is 1. The van der Waals surface area contributed by atoms with Crippen molar-refractivity contribution in [3.05, 3.63) is 59.8 Å². The van der Waals surface area contributed by atoms with Crippen LogP contribution in [0.25, 0.3) is 10.9 Å². The van der Waals surface area contributed by atoms with Gasteiger partial charge in [-0.05, 0) is 62.9 Å². The van der Waals surface area contributed by atoms with Gasteiger partial charge in [-0.2, -0.15) is 0 Å². The van der Waals surface area contributed by atoms with E-state index in [9.17, 15) is 4.79 Å². The Hall–Kier alpha value is -3.08. The highest BCUT2D eigenvalue weighted by molar-refractivity contribution is 6.03. The molecule has 2 fully saturated rings. The Balaban J connectivity index is 1.68. The van der Waals surface area contributed by atoms with Crippen LogP contribution in [0.2, 0.25) is 0 Å². The number of hydrogen-bond acceptors (Lipinski definition) is 5. The third kappa shape index (κ3) is 3.49. The zero-order valence-electron chi connectivity index (χ0n) is 17.4. The van der Waals surface area contributed by atoms with Gasteiger partial charge < -0.3 is 14.5 Å². The maximum Gasteiger partial charge on any atom is 0.343 e. The summed E-state index contributed by atoms with van der Waals surface area (Å²) >= 11 is 0. The average Bonchev–Trinajstić information content (AvgIpc) is 3.49. The van der Waals surface area contributed by atoms with E-state index in [-0.39, 0.29) is 5.97 Å². The number of carbonyl (C=O) groups excluding carboxylic acids is 1. The Morgan fingerprint density at radius 1 is 0.867 bits per heavy atom. The van der Waals surface area contributed by atoms with Crippen LogP contribution in [0.4, 0.5) is 11.4 Å². The molecule has 2 aromatic carbocycles. The third-order valence-corrected chi connectivity index (χ3v) is 6.13. The van der Waals surface area contributed by atoms with Gasteiger partial charge in [0.05, 0.1) is 11.3 Å². The van der Waals surface area contributed by atoms with Gasteiger partial charge in [-0.15, -0.1) is 0 Å². The summed E-state index contributed by atoms with van der Waals surface area (Å²) in [5, 5.41) is 1.06. The number of esters is 1. The van der Waals surface area contributed by atoms with E-state index in [1.165, 1.54) is 18.5 Å². The summed E-state index contributed by atoms with van der Waals surface area (Å²) in [4.78, 5) is 22.6. The molecule has 5 heteroatoms. The molecule has 0 N–H and O–H groups in total. The quantitative estimate of drug-likeness (QED) is 0.457. The molecule has 0 bridgehead atoms. The van der Waals surface area contributed by atoms with Crippen LogP contribution in [0.15, 0.2) is 48.5 Å². The van der Waals surface area contributed by atoms with Gasteiger partial charge >= 0.3 is 5.97 Å². The highest BCUT2D eigenvalue weighted by atomic mass is 16.5. The second kappa shape index (κ2) is 7.98. The molecule has 5 rings (SSSR count). The minimum absolute atomic E-state index is 0.338. The van der Waals surface area contributed by atoms with E-state index in [1.807, 2.05) is 31.2 Å². The van der Waals surface area contributed by atoms with Gasteiger partial charge in [-0.25, -0.2) is 9.78 Å². The zero-order valence-corrected chi connectivity index (χ0v) is 17.4. The van der Waals surface area contributed by atoms with Gasteiger partial charge in [0.15, 0.2) is 5.75 Å². The summed E-state index contributed by atoms with van der Waals surface area (Å²) in [6, 6.07) is 15.6. The summed E-state index contributed by atoms with van der Waals surface area (Å²) in [5.41, 5.74) is 4.45. The van der Waals surface area contributed by atoms with E-state index in [4.69, 9.17) is 9.72 Å². The molecule has 0 radical (unpaired) electrons. The molecule has 154 valence electrons. The van der Waals surface area contributed by atoms with Crippen LogP contribution in [0.1, 0.15) is 41.7 Å². The van der Waals surface area contributed by atoms with Crippen molar-refractivity contribution in [2.75, 3.05) is 36.0 Å². The van der Waals surface area contributed by atoms with Crippen molar-refractivity contribution in [2.45, 2.75) is 32.6 Å². The number of anilines is 2. The number of fused-ring (bicyclic) bond motifs is 1. The molecule has 0 atom stereocenters. The minimum atomic E-state index is -0.338. The number of ether oxygens (including phenoxy) is 1. The topological polar surface area (TPSA) is 45.7 Å². The van der Waals surface area contributed by atoms with Gasteiger partial charge in [0.2, 0.25) is 0 Å². The van der Waals surface area contributed by atoms with Crippen molar-refractivity contribution in [1.82, 2.24) is 4.98 Å². The Kier molecular flexibility index (Phi) is 5.03. The fraction of sp³-hybridized carbons (Fsp3) is 0.360. The van der Waals surface area contributed by atoms with Crippen LogP contribution in [0, 0.1) is 6.92 Å². The molecule has 1 aromatic heterocycles. The first-order chi connectivity index (χ1) is 14.7. The second-order valence-corrected chi connectivity index (χ2v) is 8.24. The summed E-state index contributed by atoms with van der Waals surface area (Å²) in [5.74, 6) is 0.252. The molecule has 0 amide bonds. The molecular formula is C25H27N3O2. The van der Waals surface area contributed by atoms with Gasteiger partial charge in [-0.3, -0.25) is 0 Å². The fourth-order valence-electron chi connectivity index (χ4n) is 4.57. The summed E-state index contributed by atoms with van der Waals surface area (Å²) in [6.07, 6.45) is 4.74. The maximum absolute atomic E-state index is 13.0. The zero-order chi connectivity index (χ0) is 20.5. The van der Waals surface area contributed by atoms with Gasteiger partial charge in [-0.1, -0.05) is 18.2 Å². The number of aryl methyl sites for hydroxylation is 1. The SMILES string of the molecule is Cc1ccc2c(N3CCCC3)cc(N3CCCC3)c(OC(=O)c3ccccc3)c2n1. The van der Waals surface area contributed by atoms with Gasteiger partial charge in [0, 0.05) is 42.9 Å². The lowest BCUT2D eigenvalue weighted by Crippen LogP contribution is -2.23. The Labute approximate surface area is 177 Å². The lowest BCUT2D eigenvalue weighted by molar-refractivity contribution is 0.0737. The van der Waals surface area contributed by atoms with E-state index in [0.29, 0.717) is 11.3 Å². The Morgan fingerprint density at radius 3 is 2.17 bits per heavy atom. The van der Waals surface area contributed by atoms with Crippen LogP contribution >= 0.6 is 0 Å². The van der Waals surface area contributed by atoms with E-state index in [0.717, 1.165) is 61.3 Å². The van der Waals surface area contributed by atoms with Gasteiger partial charge in [0.25, 0.3) is 0 Å². The maximum atomic E-state index is 13.0. The molecule has 0 aliphatic carbocycles. The second-order valence-electron chi connectivity index (χ2n) is 8.24. The largest absolute Gasteiger partial charge is 0.418 e. The van der Waals surface area contributed by atoms with Crippen molar-refractivity contribution in [3.8, 4) is 5.75 Å². The molecule has 0 unspecified atom stereocenters. The fourth-order valence-corrected chi connectivity index (χ4v) is 4.57.